The number of hydrazone groups is 1. The molecule has 0 saturated heterocycles. The van der Waals surface area contributed by atoms with E-state index in [2.05, 4.69) is 16.4 Å². The number of amides is 1. The molecule has 0 saturated carbocycles. The Kier molecular flexibility index (Phi) is 7.90. The molecule has 0 bridgehead atoms. The Morgan fingerprint density at radius 2 is 2.07 bits per heavy atom. The molecule has 2 aromatic carbocycles. The second kappa shape index (κ2) is 10.2. The zero-order valence-corrected chi connectivity index (χ0v) is 17.4. The van der Waals surface area contributed by atoms with Crippen LogP contribution in [-0.2, 0) is 6.18 Å². The molecule has 1 N–H and O–H groups in total. The Bertz CT molecular complexity index is 953. The molecule has 0 unspecified atom stereocenters. The third-order valence-electron chi connectivity index (χ3n) is 3.46. The first-order chi connectivity index (χ1) is 13.8. The van der Waals surface area contributed by atoms with Crippen LogP contribution in [0.5, 0.6) is 11.5 Å². The van der Waals surface area contributed by atoms with Gasteiger partial charge in [-0.2, -0.15) is 18.3 Å². The fourth-order valence-electron chi connectivity index (χ4n) is 2.25. The smallest absolute Gasteiger partial charge is 0.416 e. The Hall–Kier alpha value is -2.74. The molecule has 0 aliphatic rings. The molecule has 2 aromatic rings. The number of ether oxygens (including phenoxy) is 2. The zero-order valence-electron chi connectivity index (χ0n) is 15.2. The number of nitrogens with one attached hydrogen (secondary N) is 1. The minimum absolute atomic E-state index is 0.0799. The summed E-state index contributed by atoms with van der Waals surface area (Å²) in [5.41, 5.74) is 1.74. The molecule has 9 heteroatoms. The molecule has 0 fully saturated rings. The summed E-state index contributed by atoms with van der Waals surface area (Å²) in [7, 11) is 0. The predicted octanol–water partition coefficient (Wildman–Crippen LogP) is 4.48. The fraction of sp³-hybridized carbons (Fsp3) is 0.200. The van der Waals surface area contributed by atoms with Crippen molar-refractivity contribution in [3.63, 3.8) is 0 Å². The maximum absolute atomic E-state index is 12.8. The van der Waals surface area contributed by atoms with Gasteiger partial charge in [0.15, 0.2) is 11.5 Å². The van der Waals surface area contributed by atoms with E-state index in [1.807, 2.05) is 29.5 Å². The van der Waals surface area contributed by atoms with Crippen LogP contribution >= 0.6 is 22.6 Å². The van der Waals surface area contributed by atoms with Crippen LogP contribution in [0.25, 0.3) is 0 Å². The van der Waals surface area contributed by atoms with E-state index in [1.165, 1.54) is 12.3 Å². The van der Waals surface area contributed by atoms with Crippen LogP contribution in [0.2, 0.25) is 0 Å². The summed E-state index contributed by atoms with van der Waals surface area (Å²) in [6.45, 7) is 2.29. The highest BCUT2D eigenvalue weighted by Crippen LogP contribution is 2.34. The van der Waals surface area contributed by atoms with Crippen molar-refractivity contribution in [3.8, 4) is 23.8 Å². The third-order valence-corrected chi connectivity index (χ3v) is 4.26. The molecule has 0 spiro atoms. The van der Waals surface area contributed by atoms with Gasteiger partial charge in [-0.15, -0.1) is 6.42 Å². The van der Waals surface area contributed by atoms with Gasteiger partial charge in [0.2, 0.25) is 0 Å². The van der Waals surface area contributed by atoms with Crippen molar-refractivity contribution in [2.75, 3.05) is 13.2 Å². The lowest BCUT2D eigenvalue weighted by molar-refractivity contribution is -0.137. The van der Waals surface area contributed by atoms with Crippen LogP contribution in [0.1, 0.15) is 28.4 Å². The van der Waals surface area contributed by atoms with Crippen molar-refractivity contribution < 1.29 is 27.4 Å². The molecule has 152 valence electrons. The largest absolute Gasteiger partial charge is 0.490 e. The Morgan fingerprint density at radius 1 is 1.31 bits per heavy atom. The van der Waals surface area contributed by atoms with Crippen LogP contribution in [0.15, 0.2) is 41.5 Å². The van der Waals surface area contributed by atoms with Crippen LogP contribution in [0.3, 0.4) is 0 Å². The molecular formula is C20H16F3IN2O3. The molecule has 0 aliphatic carbocycles. The number of nitrogens with zero attached hydrogens (tertiary/aromatic N) is 1. The van der Waals surface area contributed by atoms with E-state index in [1.54, 1.807) is 12.1 Å². The van der Waals surface area contributed by atoms with Gasteiger partial charge in [0.05, 0.1) is 22.0 Å². The topological polar surface area (TPSA) is 59.9 Å². The first-order valence-corrected chi connectivity index (χ1v) is 9.37. The van der Waals surface area contributed by atoms with Gasteiger partial charge in [-0.05, 0) is 65.4 Å². The average Bonchev–Trinajstić information content (AvgIpc) is 2.67. The number of rotatable bonds is 7. The Morgan fingerprint density at radius 3 is 2.72 bits per heavy atom. The standard InChI is InChI=1S/C20H16F3IN2O3/c1-3-8-29-18-16(24)9-13(10-17(18)28-4-2)12-25-26-19(27)14-6-5-7-15(11-14)20(21,22)23/h1,5-7,9-12H,4,8H2,2H3,(H,26,27)/b25-12-. The average molecular weight is 516 g/mol. The fourth-order valence-corrected chi connectivity index (χ4v) is 3.03. The van der Waals surface area contributed by atoms with Gasteiger partial charge < -0.3 is 9.47 Å². The molecule has 0 aromatic heterocycles. The van der Waals surface area contributed by atoms with Gasteiger partial charge >= 0.3 is 6.18 Å². The summed E-state index contributed by atoms with van der Waals surface area (Å²) in [6.07, 6.45) is 2.03. The van der Waals surface area contributed by atoms with E-state index in [-0.39, 0.29) is 12.2 Å². The van der Waals surface area contributed by atoms with Gasteiger partial charge in [-0.3, -0.25) is 4.79 Å². The third kappa shape index (κ3) is 6.39. The highest BCUT2D eigenvalue weighted by Gasteiger charge is 2.30. The number of benzene rings is 2. The lowest BCUT2D eigenvalue weighted by Crippen LogP contribution is -2.18. The second-order valence-corrected chi connectivity index (χ2v) is 6.70. The van der Waals surface area contributed by atoms with E-state index in [0.717, 1.165) is 21.8 Å². The number of alkyl halides is 3. The van der Waals surface area contributed by atoms with Gasteiger partial charge in [0, 0.05) is 5.56 Å². The first kappa shape index (κ1) is 22.5. The molecule has 0 atom stereocenters. The number of terminal acetylenes is 1. The number of carbonyl (C=O) groups excluding carboxylic acids is 1. The Labute approximate surface area is 179 Å². The van der Waals surface area contributed by atoms with E-state index >= 15 is 0 Å². The van der Waals surface area contributed by atoms with Gasteiger partial charge in [-0.25, -0.2) is 5.43 Å². The monoisotopic (exact) mass is 516 g/mol. The van der Waals surface area contributed by atoms with Crippen molar-refractivity contribution in [2.24, 2.45) is 5.10 Å². The highest BCUT2D eigenvalue weighted by atomic mass is 127. The molecule has 0 aliphatic heterocycles. The van der Waals surface area contributed by atoms with E-state index < -0.39 is 17.6 Å². The second-order valence-electron chi connectivity index (χ2n) is 5.53. The molecule has 0 radical (unpaired) electrons. The summed E-state index contributed by atoms with van der Waals surface area (Å²) in [4.78, 5) is 12.1. The van der Waals surface area contributed by atoms with Gasteiger partial charge in [0.25, 0.3) is 5.91 Å². The van der Waals surface area contributed by atoms with Crippen LogP contribution < -0.4 is 14.9 Å². The number of halogens is 4. The summed E-state index contributed by atoms with van der Waals surface area (Å²) in [5.74, 6) is 2.57. The van der Waals surface area contributed by atoms with Crippen molar-refractivity contribution in [2.45, 2.75) is 13.1 Å². The summed E-state index contributed by atoms with van der Waals surface area (Å²) >= 11 is 2.05. The van der Waals surface area contributed by atoms with Gasteiger partial charge in [0.1, 0.15) is 6.61 Å². The van der Waals surface area contributed by atoms with E-state index in [0.29, 0.717) is 23.7 Å². The number of carbonyl (C=O) groups is 1. The molecular weight excluding hydrogens is 500 g/mol. The van der Waals surface area contributed by atoms with Crippen LogP contribution in [0, 0.1) is 15.9 Å². The highest BCUT2D eigenvalue weighted by molar-refractivity contribution is 14.1. The summed E-state index contributed by atoms with van der Waals surface area (Å²) in [5, 5.41) is 3.81. The molecule has 1 amide bonds. The minimum Gasteiger partial charge on any atom is -0.490 e. The predicted molar refractivity (Wildman–Crippen MR) is 111 cm³/mol. The van der Waals surface area contributed by atoms with Crippen molar-refractivity contribution in [1.29, 1.82) is 0 Å². The van der Waals surface area contributed by atoms with Crippen molar-refractivity contribution in [1.82, 2.24) is 5.43 Å². The molecule has 2 rings (SSSR count). The lowest BCUT2D eigenvalue weighted by Gasteiger charge is -2.13. The van der Waals surface area contributed by atoms with E-state index in [9.17, 15) is 18.0 Å². The zero-order chi connectivity index (χ0) is 21.4. The van der Waals surface area contributed by atoms with Crippen molar-refractivity contribution in [3.05, 3.63) is 56.7 Å². The summed E-state index contributed by atoms with van der Waals surface area (Å²) < 4.78 is 50.0. The summed E-state index contributed by atoms with van der Waals surface area (Å²) in [6, 6.07) is 7.47. The van der Waals surface area contributed by atoms with E-state index in [4.69, 9.17) is 15.9 Å². The molecule has 29 heavy (non-hydrogen) atoms. The van der Waals surface area contributed by atoms with Gasteiger partial charge in [-0.1, -0.05) is 12.0 Å². The SMILES string of the molecule is C#CCOc1c(I)cc(/C=N\NC(=O)c2cccc(C(F)(F)F)c2)cc1OCC. The van der Waals surface area contributed by atoms with Crippen molar-refractivity contribution >= 4 is 34.7 Å². The quantitative estimate of drug-likeness (QED) is 0.256. The first-order valence-electron chi connectivity index (χ1n) is 8.29. The maximum atomic E-state index is 12.8. The number of hydrogen-bond acceptors (Lipinski definition) is 4. The van der Waals surface area contributed by atoms with Crippen LogP contribution in [0.4, 0.5) is 13.2 Å². The number of hydrogen-bond donors (Lipinski definition) is 1. The molecule has 0 heterocycles. The minimum atomic E-state index is -4.53. The lowest BCUT2D eigenvalue weighted by atomic mass is 10.1. The Balaban J connectivity index is 2.15. The van der Waals surface area contributed by atoms with Crippen LogP contribution in [-0.4, -0.2) is 25.3 Å². The molecule has 5 nitrogen and oxygen atoms in total. The maximum Gasteiger partial charge on any atom is 0.416 e. The normalized spacial score (nSPS) is 11.2.